The molecule has 4 saturated carbocycles. The van der Waals surface area contributed by atoms with Crippen LogP contribution in [0.15, 0.2) is 54.1 Å². The lowest BCUT2D eigenvalue weighted by Gasteiger charge is -2.52. The van der Waals surface area contributed by atoms with E-state index in [0.29, 0.717) is 0 Å². The number of allylic oxidation sites excluding steroid dienone is 1. The lowest BCUT2D eigenvalue weighted by molar-refractivity contribution is 0.0705. The minimum atomic E-state index is 0.767. The molecule has 45 heavy (non-hydrogen) atoms. The van der Waals surface area contributed by atoms with Crippen LogP contribution in [0.2, 0.25) is 0 Å². The summed E-state index contributed by atoms with van der Waals surface area (Å²) in [5.41, 5.74) is 5.99. The molecular weight excluding hydrogens is 552 g/mol. The van der Waals surface area contributed by atoms with Crippen molar-refractivity contribution in [2.75, 3.05) is 52.5 Å². The molecule has 6 aliphatic rings. The van der Waals surface area contributed by atoms with Crippen LogP contribution in [0.25, 0.3) is 5.57 Å². The van der Waals surface area contributed by atoms with Crippen LogP contribution in [0.3, 0.4) is 0 Å². The van der Waals surface area contributed by atoms with Crippen molar-refractivity contribution < 1.29 is 9.47 Å². The van der Waals surface area contributed by atoms with Crippen LogP contribution in [0.4, 0.5) is 0 Å². The zero-order chi connectivity index (χ0) is 30.3. The van der Waals surface area contributed by atoms with Crippen molar-refractivity contribution in [1.29, 1.82) is 0 Å². The predicted molar refractivity (Wildman–Crippen MR) is 186 cm³/mol. The third-order valence-corrected chi connectivity index (χ3v) is 11.8. The Bertz CT molecular complexity index is 1120. The maximum Gasteiger partial charge on any atom is 0.119 e. The van der Waals surface area contributed by atoms with Gasteiger partial charge in [0.25, 0.3) is 0 Å². The quantitative estimate of drug-likeness (QED) is 0.199. The first-order chi connectivity index (χ1) is 22.3. The van der Waals surface area contributed by atoms with E-state index in [1.54, 1.807) is 5.57 Å². The van der Waals surface area contributed by atoms with E-state index in [-0.39, 0.29) is 0 Å². The largest absolute Gasteiger partial charge is 0.494 e. The molecule has 2 aromatic rings. The molecule has 4 aliphatic carbocycles. The van der Waals surface area contributed by atoms with Gasteiger partial charge in [-0.1, -0.05) is 42.7 Å². The second-order valence-corrected chi connectivity index (χ2v) is 15.1. The number of benzene rings is 2. The highest BCUT2D eigenvalue weighted by Gasteiger charge is 2.46. The molecule has 2 saturated heterocycles. The molecule has 4 nitrogen and oxygen atoms in total. The highest BCUT2D eigenvalue weighted by atomic mass is 16.5. The Morgan fingerprint density at radius 1 is 0.511 bits per heavy atom. The maximum atomic E-state index is 6.23. The molecule has 2 heterocycles. The fourth-order valence-corrected chi connectivity index (χ4v) is 9.66. The fraction of sp³-hybridized carbons (Fsp3) is 0.659. The van der Waals surface area contributed by atoms with Gasteiger partial charge in [-0.3, -0.25) is 0 Å². The highest BCUT2D eigenvalue weighted by Crippen LogP contribution is 2.58. The zero-order valence-corrected chi connectivity index (χ0v) is 27.9. The van der Waals surface area contributed by atoms with Crippen molar-refractivity contribution in [2.45, 2.75) is 96.3 Å². The highest BCUT2D eigenvalue weighted by molar-refractivity contribution is 5.83. The third kappa shape index (κ3) is 8.17. The van der Waals surface area contributed by atoms with E-state index in [0.717, 1.165) is 61.2 Å². The average Bonchev–Trinajstić information content (AvgIpc) is 3.08. The molecule has 0 atom stereocenters. The Hall–Kier alpha value is -2.30. The Kier molecular flexibility index (Phi) is 10.8. The van der Waals surface area contributed by atoms with Crippen LogP contribution >= 0.6 is 0 Å². The number of unbranched alkanes of at least 4 members (excludes halogenated alkanes) is 2. The summed E-state index contributed by atoms with van der Waals surface area (Å²) >= 11 is 0. The summed E-state index contributed by atoms with van der Waals surface area (Å²) in [5.74, 6) is 5.49. The minimum absolute atomic E-state index is 0.767. The van der Waals surface area contributed by atoms with E-state index in [2.05, 4.69) is 58.3 Å². The second-order valence-electron chi connectivity index (χ2n) is 15.1. The zero-order valence-electron chi connectivity index (χ0n) is 27.9. The van der Waals surface area contributed by atoms with Crippen molar-refractivity contribution in [3.05, 3.63) is 65.2 Å². The van der Waals surface area contributed by atoms with Crippen LogP contribution in [0.5, 0.6) is 11.5 Å². The van der Waals surface area contributed by atoms with Gasteiger partial charge in [0.05, 0.1) is 13.2 Å². The van der Waals surface area contributed by atoms with Gasteiger partial charge in [-0.15, -0.1) is 0 Å². The molecular formula is C41H58N2O2. The normalized spacial score (nSPS) is 26.7. The smallest absolute Gasteiger partial charge is 0.119 e. The van der Waals surface area contributed by atoms with Crippen molar-refractivity contribution in [3.8, 4) is 11.5 Å². The van der Waals surface area contributed by atoms with Gasteiger partial charge in [0.1, 0.15) is 11.5 Å². The summed E-state index contributed by atoms with van der Waals surface area (Å²) in [7, 11) is 0. The summed E-state index contributed by atoms with van der Waals surface area (Å²) in [5, 5.41) is 0. The van der Waals surface area contributed by atoms with Gasteiger partial charge >= 0.3 is 0 Å². The van der Waals surface area contributed by atoms with Crippen LogP contribution in [-0.4, -0.2) is 62.3 Å². The van der Waals surface area contributed by atoms with E-state index in [4.69, 9.17) is 9.47 Å². The molecule has 2 aromatic carbocycles. The number of rotatable bonds is 14. The topological polar surface area (TPSA) is 24.9 Å². The van der Waals surface area contributed by atoms with E-state index < -0.39 is 0 Å². The summed E-state index contributed by atoms with van der Waals surface area (Å²) < 4.78 is 12.5. The van der Waals surface area contributed by atoms with Crippen LogP contribution in [0.1, 0.15) is 107 Å². The van der Waals surface area contributed by atoms with Gasteiger partial charge in [0.15, 0.2) is 0 Å². The number of ether oxygens (including phenoxy) is 2. The van der Waals surface area contributed by atoms with Crippen LogP contribution < -0.4 is 9.47 Å². The third-order valence-electron chi connectivity index (χ3n) is 11.8. The molecule has 6 fully saturated rings. The van der Waals surface area contributed by atoms with Crippen molar-refractivity contribution in [3.63, 3.8) is 0 Å². The molecule has 0 aromatic heterocycles. The molecule has 0 amide bonds. The summed E-state index contributed by atoms with van der Waals surface area (Å²) in [6.07, 6.45) is 20.2. The molecule has 8 rings (SSSR count). The van der Waals surface area contributed by atoms with Gasteiger partial charge in [-0.25, -0.2) is 0 Å². The van der Waals surface area contributed by atoms with Crippen molar-refractivity contribution >= 4 is 5.57 Å². The molecule has 4 heteroatoms. The van der Waals surface area contributed by atoms with E-state index >= 15 is 0 Å². The Balaban J connectivity index is 0.985. The average molecular weight is 611 g/mol. The van der Waals surface area contributed by atoms with Gasteiger partial charge < -0.3 is 19.3 Å². The van der Waals surface area contributed by atoms with Crippen molar-refractivity contribution in [1.82, 2.24) is 9.80 Å². The summed E-state index contributed by atoms with van der Waals surface area (Å²) in [4.78, 5) is 5.26. The SMILES string of the molecule is c1cc(C(=C2C3CC4CC(C3)CC2C4)c2ccc(OCCCCN3CCCCC3)cc2)ccc1OCCCCN1CCCCC1. The van der Waals surface area contributed by atoms with Crippen LogP contribution in [-0.2, 0) is 0 Å². The van der Waals surface area contributed by atoms with E-state index in [9.17, 15) is 0 Å². The van der Waals surface area contributed by atoms with E-state index in [1.807, 2.05) is 0 Å². The summed E-state index contributed by atoms with van der Waals surface area (Å²) in [6, 6.07) is 18.2. The second kappa shape index (κ2) is 15.5. The first-order valence-electron chi connectivity index (χ1n) is 18.9. The molecule has 0 unspecified atom stereocenters. The molecule has 4 bridgehead atoms. The van der Waals surface area contributed by atoms with Gasteiger partial charge in [0, 0.05) is 0 Å². The number of hydrogen-bond donors (Lipinski definition) is 0. The predicted octanol–water partition coefficient (Wildman–Crippen LogP) is 9.23. The monoisotopic (exact) mass is 610 g/mol. The molecule has 244 valence electrons. The van der Waals surface area contributed by atoms with Crippen molar-refractivity contribution in [2.24, 2.45) is 23.7 Å². The molecule has 2 aliphatic heterocycles. The Labute approximate surface area is 273 Å². The first-order valence-corrected chi connectivity index (χ1v) is 18.9. The summed E-state index contributed by atoms with van der Waals surface area (Å²) in [6.45, 7) is 9.24. The van der Waals surface area contributed by atoms with Gasteiger partial charge in [0.2, 0.25) is 0 Å². The molecule has 0 N–H and O–H groups in total. The van der Waals surface area contributed by atoms with E-state index in [1.165, 1.54) is 139 Å². The Morgan fingerprint density at radius 3 is 1.36 bits per heavy atom. The number of likely N-dealkylation sites (tertiary alicyclic amines) is 2. The maximum absolute atomic E-state index is 6.23. The fourth-order valence-electron chi connectivity index (χ4n) is 9.66. The number of nitrogens with zero attached hydrogens (tertiary/aromatic N) is 2. The minimum Gasteiger partial charge on any atom is -0.494 e. The number of piperidine rings is 2. The van der Waals surface area contributed by atoms with Crippen LogP contribution in [0, 0.1) is 23.7 Å². The molecule has 0 spiro atoms. The number of hydrogen-bond acceptors (Lipinski definition) is 4. The lowest BCUT2D eigenvalue weighted by atomic mass is 9.53. The lowest BCUT2D eigenvalue weighted by Crippen LogP contribution is -2.40. The van der Waals surface area contributed by atoms with Gasteiger partial charge in [-0.05, 0) is 187 Å². The standard InChI is InChI=1S/C41H58N2O2/c1-3-19-42(20-4-1)23-7-9-25-44-38-15-11-34(12-16-38)40(41-36-28-32-27-33(30-36)31-37(41)29-32)35-13-17-39(18-14-35)45-26-10-8-24-43-21-5-2-6-22-43/h11-18,32-33,36-37H,1-10,19-31H2. The molecule has 0 radical (unpaired) electrons. The van der Waals surface area contributed by atoms with Gasteiger partial charge in [-0.2, -0.15) is 0 Å². The first kappa shape index (κ1) is 31.3. The Morgan fingerprint density at radius 2 is 0.933 bits per heavy atom.